The maximum absolute atomic E-state index is 13.5. The van der Waals surface area contributed by atoms with E-state index in [0.717, 1.165) is 18.4 Å². The summed E-state index contributed by atoms with van der Waals surface area (Å²) in [6.07, 6.45) is 2.07. The van der Waals surface area contributed by atoms with E-state index in [0.29, 0.717) is 11.5 Å². The third-order valence-electron chi connectivity index (χ3n) is 2.65. The zero-order chi connectivity index (χ0) is 12.8. The minimum atomic E-state index is -0.533. The number of rotatable bonds is 6. The predicted molar refractivity (Wildman–Crippen MR) is 70.3 cm³/mol. The molecule has 0 aliphatic carbocycles. The van der Waals surface area contributed by atoms with Gasteiger partial charge < -0.3 is 5.32 Å². The van der Waals surface area contributed by atoms with Gasteiger partial charge in [0.15, 0.2) is 0 Å². The van der Waals surface area contributed by atoms with Crippen molar-refractivity contribution in [2.75, 3.05) is 18.6 Å². The molecule has 0 saturated heterocycles. The fraction of sp³-hybridized carbons (Fsp3) is 0.538. The standard InChI is InChI=1S/C13H19F2NS/c1-9(8-17-3)7-16-10(2)12-5-4-11(14)6-13(12)15/h4-6,9-10,16H,7-8H2,1-3H3. The smallest absolute Gasteiger partial charge is 0.130 e. The third-order valence-corrected chi connectivity index (χ3v) is 3.56. The third kappa shape index (κ3) is 4.64. The maximum Gasteiger partial charge on any atom is 0.130 e. The van der Waals surface area contributed by atoms with Crippen molar-refractivity contribution in [1.82, 2.24) is 5.32 Å². The van der Waals surface area contributed by atoms with Crippen LogP contribution in [-0.4, -0.2) is 18.6 Å². The Morgan fingerprint density at radius 2 is 2.00 bits per heavy atom. The molecule has 0 heterocycles. The van der Waals surface area contributed by atoms with Crippen molar-refractivity contribution in [3.63, 3.8) is 0 Å². The van der Waals surface area contributed by atoms with Gasteiger partial charge in [0, 0.05) is 17.7 Å². The lowest BCUT2D eigenvalue weighted by Gasteiger charge is -2.18. The van der Waals surface area contributed by atoms with Crippen molar-refractivity contribution in [2.45, 2.75) is 19.9 Å². The van der Waals surface area contributed by atoms with Crippen LogP contribution in [0.15, 0.2) is 18.2 Å². The first-order valence-corrected chi connectivity index (χ1v) is 7.11. The summed E-state index contributed by atoms with van der Waals surface area (Å²) in [5, 5.41) is 3.27. The van der Waals surface area contributed by atoms with E-state index in [1.54, 1.807) is 11.8 Å². The van der Waals surface area contributed by atoms with E-state index in [4.69, 9.17) is 0 Å². The van der Waals surface area contributed by atoms with Crippen LogP contribution in [0.3, 0.4) is 0 Å². The quantitative estimate of drug-likeness (QED) is 0.837. The fourth-order valence-electron chi connectivity index (χ4n) is 1.68. The van der Waals surface area contributed by atoms with Gasteiger partial charge in [0.25, 0.3) is 0 Å². The highest BCUT2D eigenvalue weighted by Gasteiger charge is 2.12. The second kappa shape index (κ2) is 6.97. The minimum absolute atomic E-state index is 0.0973. The van der Waals surface area contributed by atoms with Crippen LogP contribution in [0, 0.1) is 17.6 Å². The molecule has 1 N–H and O–H groups in total. The molecule has 1 aromatic rings. The van der Waals surface area contributed by atoms with Gasteiger partial charge in [-0.15, -0.1) is 0 Å². The number of hydrogen-bond acceptors (Lipinski definition) is 2. The Labute approximate surface area is 106 Å². The molecule has 0 saturated carbocycles. The number of hydrogen-bond donors (Lipinski definition) is 1. The molecule has 2 unspecified atom stereocenters. The molecule has 0 aliphatic heterocycles. The molecule has 1 nitrogen and oxygen atoms in total. The molecule has 0 bridgehead atoms. The van der Waals surface area contributed by atoms with Crippen molar-refractivity contribution >= 4 is 11.8 Å². The zero-order valence-electron chi connectivity index (χ0n) is 10.5. The summed E-state index contributed by atoms with van der Waals surface area (Å²) in [6, 6.07) is 3.63. The monoisotopic (exact) mass is 259 g/mol. The largest absolute Gasteiger partial charge is 0.310 e. The summed E-state index contributed by atoms with van der Waals surface area (Å²) in [6.45, 7) is 4.87. The SMILES string of the molecule is CSCC(C)CNC(C)c1ccc(F)cc1F. The molecule has 0 amide bonds. The predicted octanol–water partition coefficient (Wildman–Crippen LogP) is 3.61. The van der Waals surface area contributed by atoms with E-state index in [-0.39, 0.29) is 6.04 Å². The van der Waals surface area contributed by atoms with Gasteiger partial charge in [0.1, 0.15) is 11.6 Å². The van der Waals surface area contributed by atoms with E-state index >= 15 is 0 Å². The van der Waals surface area contributed by atoms with Crippen LogP contribution in [0.2, 0.25) is 0 Å². The lowest BCUT2D eigenvalue weighted by atomic mass is 10.1. The molecule has 1 rings (SSSR count). The van der Waals surface area contributed by atoms with Gasteiger partial charge in [0.05, 0.1) is 0 Å². The van der Waals surface area contributed by atoms with E-state index < -0.39 is 11.6 Å². The average molecular weight is 259 g/mol. The van der Waals surface area contributed by atoms with Crippen LogP contribution in [0.1, 0.15) is 25.5 Å². The van der Waals surface area contributed by atoms with Crippen LogP contribution < -0.4 is 5.32 Å². The Morgan fingerprint density at radius 1 is 1.29 bits per heavy atom. The second-order valence-corrected chi connectivity index (χ2v) is 5.27. The minimum Gasteiger partial charge on any atom is -0.310 e. The Morgan fingerprint density at radius 3 is 2.59 bits per heavy atom. The normalized spacial score (nSPS) is 14.6. The van der Waals surface area contributed by atoms with Gasteiger partial charge in [-0.2, -0.15) is 11.8 Å². The van der Waals surface area contributed by atoms with Crippen LogP contribution in [0.5, 0.6) is 0 Å². The van der Waals surface area contributed by atoms with E-state index in [1.807, 2.05) is 6.92 Å². The molecule has 0 radical (unpaired) electrons. The fourth-order valence-corrected chi connectivity index (χ4v) is 2.37. The van der Waals surface area contributed by atoms with Crippen LogP contribution in [0.25, 0.3) is 0 Å². The highest BCUT2D eigenvalue weighted by Crippen LogP contribution is 2.18. The molecule has 2 atom stereocenters. The topological polar surface area (TPSA) is 12.0 Å². The lowest BCUT2D eigenvalue weighted by Crippen LogP contribution is -2.26. The molecule has 0 spiro atoms. The van der Waals surface area contributed by atoms with Crippen molar-refractivity contribution in [2.24, 2.45) is 5.92 Å². The number of nitrogens with one attached hydrogen (secondary N) is 1. The zero-order valence-corrected chi connectivity index (χ0v) is 11.3. The highest BCUT2D eigenvalue weighted by atomic mass is 32.2. The summed E-state index contributed by atoms with van der Waals surface area (Å²) in [5.74, 6) is 0.596. The van der Waals surface area contributed by atoms with Gasteiger partial charge in [-0.25, -0.2) is 8.78 Å². The van der Waals surface area contributed by atoms with Gasteiger partial charge in [-0.1, -0.05) is 13.0 Å². The summed E-state index contributed by atoms with van der Waals surface area (Å²) in [7, 11) is 0. The van der Waals surface area contributed by atoms with Gasteiger partial charge in [0.2, 0.25) is 0 Å². The Hall–Kier alpha value is -0.610. The Balaban J connectivity index is 2.54. The van der Waals surface area contributed by atoms with Crippen molar-refractivity contribution < 1.29 is 8.78 Å². The molecule has 0 aromatic heterocycles. The number of halogens is 2. The van der Waals surface area contributed by atoms with Crippen LogP contribution in [0.4, 0.5) is 8.78 Å². The first kappa shape index (κ1) is 14.5. The molecule has 0 fully saturated rings. The van der Waals surface area contributed by atoms with Gasteiger partial charge in [-0.3, -0.25) is 0 Å². The molecule has 1 aromatic carbocycles. The lowest BCUT2D eigenvalue weighted by molar-refractivity contribution is 0.479. The van der Waals surface area contributed by atoms with Crippen molar-refractivity contribution in [3.8, 4) is 0 Å². The summed E-state index contributed by atoms with van der Waals surface area (Å²) in [4.78, 5) is 0. The van der Waals surface area contributed by atoms with Gasteiger partial charge in [-0.05, 0) is 37.5 Å². The molecule has 0 aliphatic rings. The Kier molecular flexibility index (Phi) is 5.92. The van der Waals surface area contributed by atoms with E-state index in [1.165, 1.54) is 12.1 Å². The molecular formula is C13H19F2NS. The van der Waals surface area contributed by atoms with Gasteiger partial charge >= 0.3 is 0 Å². The molecule has 4 heteroatoms. The number of thioether (sulfide) groups is 1. The Bertz CT molecular complexity index is 357. The molecule has 17 heavy (non-hydrogen) atoms. The molecular weight excluding hydrogens is 240 g/mol. The first-order valence-electron chi connectivity index (χ1n) is 5.72. The summed E-state index contributed by atoms with van der Waals surface area (Å²) < 4.78 is 26.3. The summed E-state index contributed by atoms with van der Waals surface area (Å²) in [5.41, 5.74) is 0.516. The highest BCUT2D eigenvalue weighted by molar-refractivity contribution is 7.98. The number of benzene rings is 1. The first-order chi connectivity index (χ1) is 8.04. The average Bonchev–Trinajstić information content (AvgIpc) is 2.26. The van der Waals surface area contributed by atoms with Crippen molar-refractivity contribution in [1.29, 1.82) is 0 Å². The summed E-state index contributed by atoms with van der Waals surface area (Å²) >= 11 is 1.80. The second-order valence-electron chi connectivity index (χ2n) is 4.36. The van der Waals surface area contributed by atoms with E-state index in [2.05, 4.69) is 18.5 Å². The van der Waals surface area contributed by atoms with Crippen LogP contribution in [-0.2, 0) is 0 Å². The maximum atomic E-state index is 13.5. The van der Waals surface area contributed by atoms with E-state index in [9.17, 15) is 8.78 Å². The molecule has 96 valence electrons. The van der Waals surface area contributed by atoms with Crippen molar-refractivity contribution in [3.05, 3.63) is 35.4 Å². The van der Waals surface area contributed by atoms with Crippen LogP contribution >= 0.6 is 11.8 Å².